The molecule has 1 amide bonds. The zero-order chi connectivity index (χ0) is 15.4. The summed E-state index contributed by atoms with van der Waals surface area (Å²) in [5, 5.41) is 9.86. The molecule has 0 bridgehead atoms. The smallest absolute Gasteiger partial charge is 0.254 e. The van der Waals surface area contributed by atoms with Crippen LogP contribution >= 0.6 is 0 Å². The lowest BCUT2D eigenvalue weighted by Gasteiger charge is -2.22. The fourth-order valence-electron chi connectivity index (χ4n) is 2.46. The number of carbonyl (C=O) groups is 1. The Morgan fingerprint density at radius 2 is 2.00 bits per heavy atom. The van der Waals surface area contributed by atoms with Crippen LogP contribution in [-0.4, -0.2) is 40.2 Å². The summed E-state index contributed by atoms with van der Waals surface area (Å²) in [4.78, 5) is 26.3. The number of rotatable bonds is 5. The average Bonchev–Trinajstić information content (AvgIpc) is 2.50. The van der Waals surface area contributed by atoms with E-state index in [1.54, 1.807) is 11.9 Å². The summed E-state index contributed by atoms with van der Waals surface area (Å²) in [6.45, 7) is 2.72. The molecule has 112 valence electrons. The molecule has 0 aliphatic rings. The second-order valence-corrected chi connectivity index (χ2v) is 4.99. The van der Waals surface area contributed by atoms with Crippen molar-refractivity contribution in [3.8, 4) is 0 Å². The second kappa shape index (κ2) is 6.54. The molecule has 0 fully saturated rings. The standard InChI is InChI=1S/C16H20N2O3/c1-3-8-18(9-10-19)16(21)13-11-15(20)17(2)14-7-5-4-6-12(13)14/h4-7,11,19H,3,8-10H2,1-2H3. The van der Waals surface area contributed by atoms with Crippen molar-refractivity contribution in [3.05, 3.63) is 46.2 Å². The number of nitrogens with zero attached hydrogens (tertiary/aromatic N) is 2. The number of fused-ring (bicyclic) bond motifs is 1. The first-order valence-corrected chi connectivity index (χ1v) is 7.09. The van der Waals surface area contributed by atoms with Crippen LogP contribution in [0.15, 0.2) is 35.1 Å². The van der Waals surface area contributed by atoms with Gasteiger partial charge in [-0.25, -0.2) is 0 Å². The van der Waals surface area contributed by atoms with Gasteiger partial charge in [-0.2, -0.15) is 0 Å². The lowest BCUT2D eigenvalue weighted by molar-refractivity contribution is 0.0723. The number of amides is 1. The Balaban J connectivity index is 2.57. The first kappa shape index (κ1) is 15.3. The van der Waals surface area contributed by atoms with Gasteiger partial charge >= 0.3 is 0 Å². The van der Waals surface area contributed by atoms with Gasteiger partial charge in [-0.15, -0.1) is 0 Å². The number of carbonyl (C=O) groups excluding carboxylic acids is 1. The molecular formula is C16H20N2O3. The highest BCUT2D eigenvalue weighted by molar-refractivity contribution is 6.06. The van der Waals surface area contributed by atoms with E-state index < -0.39 is 0 Å². The lowest BCUT2D eigenvalue weighted by atomic mass is 10.1. The Labute approximate surface area is 123 Å². The molecule has 21 heavy (non-hydrogen) atoms. The minimum atomic E-state index is -0.211. The third kappa shape index (κ3) is 2.97. The predicted molar refractivity (Wildman–Crippen MR) is 82.5 cm³/mol. The molecule has 1 heterocycles. The summed E-state index contributed by atoms with van der Waals surface area (Å²) in [6, 6.07) is 8.73. The maximum absolute atomic E-state index is 12.7. The number of pyridine rings is 1. The Bertz CT molecular complexity index is 700. The van der Waals surface area contributed by atoms with Gasteiger partial charge in [0, 0.05) is 31.6 Å². The fourth-order valence-corrected chi connectivity index (χ4v) is 2.46. The van der Waals surface area contributed by atoms with Crippen LogP contribution in [0, 0.1) is 0 Å². The summed E-state index contributed by atoms with van der Waals surface area (Å²) in [5.41, 5.74) is 0.918. The number of para-hydroxylation sites is 1. The molecule has 1 N–H and O–H groups in total. The van der Waals surface area contributed by atoms with Crippen LogP contribution in [0.1, 0.15) is 23.7 Å². The van der Waals surface area contributed by atoms with Crippen molar-refractivity contribution in [1.29, 1.82) is 0 Å². The van der Waals surface area contributed by atoms with E-state index in [0.717, 1.165) is 17.3 Å². The number of aliphatic hydroxyl groups excluding tert-OH is 1. The second-order valence-electron chi connectivity index (χ2n) is 4.99. The van der Waals surface area contributed by atoms with Crippen LogP contribution in [0.25, 0.3) is 10.9 Å². The van der Waals surface area contributed by atoms with E-state index in [9.17, 15) is 9.59 Å². The predicted octanol–water partition coefficient (Wildman–Crippen LogP) is 1.38. The van der Waals surface area contributed by atoms with Gasteiger partial charge in [0.25, 0.3) is 11.5 Å². The van der Waals surface area contributed by atoms with Crippen LogP contribution in [-0.2, 0) is 7.05 Å². The van der Waals surface area contributed by atoms with Gasteiger partial charge in [0.1, 0.15) is 0 Å². The van der Waals surface area contributed by atoms with Crippen molar-refractivity contribution in [2.24, 2.45) is 7.05 Å². The van der Waals surface area contributed by atoms with E-state index in [4.69, 9.17) is 5.11 Å². The molecule has 5 nitrogen and oxygen atoms in total. The van der Waals surface area contributed by atoms with Gasteiger partial charge in [-0.3, -0.25) is 9.59 Å². The SMILES string of the molecule is CCCN(CCO)C(=O)c1cc(=O)n(C)c2ccccc12. The van der Waals surface area contributed by atoms with Crippen molar-refractivity contribution >= 4 is 16.8 Å². The molecule has 0 radical (unpaired) electrons. The summed E-state index contributed by atoms with van der Waals surface area (Å²) >= 11 is 0. The van der Waals surface area contributed by atoms with E-state index >= 15 is 0 Å². The molecule has 2 aromatic rings. The Morgan fingerprint density at radius 1 is 1.29 bits per heavy atom. The van der Waals surface area contributed by atoms with Crippen molar-refractivity contribution < 1.29 is 9.90 Å². The largest absolute Gasteiger partial charge is 0.395 e. The minimum Gasteiger partial charge on any atom is -0.395 e. The normalized spacial score (nSPS) is 10.8. The fraction of sp³-hybridized carbons (Fsp3) is 0.375. The third-order valence-corrected chi connectivity index (χ3v) is 3.54. The van der Waals surface area contributed by atoms with Crippen molar-refractivity contribution in [2.75, 3.05) is 19.7 Å². The Morgan fingerprint density at radius 3 is 2.67 bits per heavy atom. The van der Waals surface area contributed by atoms with Gasteiger partial charge in [-0.05, 0) is 12.5 Å². The number of benzene rings is 1. The van der Waals surface area contributed by atoms with Gasteiger partial charge in [0.15, 0.2) is 0 Å². The number of aromatic nitrogens is 1. The minimum absolute atomic E-state index is 0.0888. The van der Waals surface area contributed by atoms with Gasteiger partial charge in [-0.1, -0.05) is 25.1 Å². The summed E-state index contributed by atoms with van der Waals surface area (Å²) in [7, 11) is 1.69. The number of aliphatic hydroxyl groups is 1. The zero-order valence-corrected chi connectivity index (χ0v) is 12.4. The van der Waals surface area contributed by atoms with Crippen LogP contribution in [0.5, 0.6) is 0 Å². The molecule has 0 atom stereocenters. The molecule has 0 unspecified atom stereocenters. The highest BCUT2D eigenvalue weighted by Crippen LogP contribution is 2.18. The van der Waals surface area contributed by atoms with E-state index in [1.807, 2.05) is 31.2 Å². The summed E-state index contributed by atoms with van der Waals surface area (Å²) < 4.78 is 1.53. The molecular weight excluding hydrogens is 268 g/mol. The molecule has 0 saturated carbocycles. The molecule has 0 aliphatic heterocycles. The number of hydrogen-bond acceptors (Lipinski definition) is 3. The molecule has 1 aromatic heterocycles. The molecule has 0 saturated heterocycles. The Kier molecular flexibility index (Phi) is 4.75. The Hall–Kier alpha value is -2.14. The van der Waals surface area contributed by atoms with Crippen LogP contribution in [0.4, 0.5) is 0 Å². The quantitative estimate of drug-likeness (QED) is 0.904. The maximum Gasteiger partial charge on any atom is 0.254 e. The van der Waals surface area contributed by atoms with Gasteiger partial charge < -0.3 is 14.6 Å². The number of hydrogen-bond donors (Lipinski definition) is 1. The molecule has 0 spiro atoms. The van der Waals surface area contributed by atoms with Crippen LogP contribution in [0.2, 0.25) is 0 Å². The van der Waals surface area contributed by atoms with Crippen molar-refractivity contribution in [3.63, 3.8) is 0 Å². The van der Waals surface area contributed by atoms with Gasteiger partial charge in [0.05, 0.1) is 17.7 Å². The van der Waals surface area contributed by atoms with E-state index in [2.05, 4.69) is 0 Å². The van der Waals surface area contributed by atoms with Crippen molar-refractivity contribution in [1.82, 2.24) is 9.47 Å². The van der Waals surface area contributed by atoms with Crippen LogP contribution < -0.4 is 5.56 Å². The number of aryl methyl sites for hydroxylation is 1. The van der Waals surface area contributed by atoms with Crippen molar-refractivity contribution in [2.45, 2.75) is 13.3 Å². The highest BCUT2D eigenvalue weighted by atomic mass is 16.3. The lowest BCUT2D eigenvalue weighted by Crippen LogP contribution is -2.35. The molecule has 0 aliphatic carbocycles. The first-order valence-electron chi connectivity index (χ1n) is 7.09. The highest BCUT2D eigenvalue weighted by Gasteiger charge is 2.18. The zero-order valence-electron chi connectivity index (χ0n) is 12.4. The van der Waals surface area contributed by atoms with E-state index in [0.29, 0.717) is 12.1 Å². The average molecular weight is 288 g/mol. The summed E-state index contributed by atoms with van der Waals surface area (Å²) in [6.07, 6.45) is 0.800. The topological polar surface area (TPSA) is 62.5 Å². The maximum atomic E-state index is 12.7. The van der Waals surface area contributed by atoms with E-state index in [1.165, 1.54) is 10.6 Å². The van der Waals surface area contributed by atoms with Gasteiger partial charge in [0.2, 0.25) is 0 Å². The van der Waals surface area contributed by atoms with E-state index in [-0.39, 0.29) is 24.6 Å². The monoisotopic (exact) mass is 288 g/mol. The molecule has 1 aromatic carbocycles. The summed E-state index contributed by atoms with van der Waals surface area (Å²) in [5.74, 6) is -0.209. The molecule has 5 heteroatoms. The third-order valence-electron chi connectivity index (χ3n) is 3.54. The van der Waals surface area contributed by atoms with Crippen LogP contribution in [0.3, 0.4) is 0 Å². The molecule has 2 rings (SSSR count). The first-order chi connectivity index (χ1) is 10.1.